The molecule has 1 aromatic rings. The molecular formula is C16H20FN3O3. The number of amides is 3. The van der Waals surface area contributed by atoms with Gasteiger partial charge in [-0.05, 0) is 37.1 Å². The average Bonchev–Trinajstić information content (AvgIpc) is 3.16. The zero-order valence-electron chi connectivity index (χ0n) is 12.8. The Morgan fingerprint density at radius 3 is 2.83 bits per heavy atom. The van der Waals surface area contributed by atoms with Crippen molar-refractivity contribution in [2.45, 2.75) is 31.4 Å². The Kier molecular flexibility index (Phi) is 4.76. The number of halogens is 1. The van der Waals surface area contributed by atoms with Crippen LogP contribution < -0.4 is 15.5 Å². The van der Waals surface area contributed by atoms with Crippen LogP contribution in [0, 0.1) is 5.82 Å². The Morgan fingerprint density at radius 2 is 2.13 bits per heavy atom. The third kappa shape index (κ3) is 3.98. The topological polar surface area (TPSA) is 70.7 Å². The van der Waals surface area contributed by atoms with Crippen molar-refractivity contribution >= 4 is 17.6 Å². The minimum Gasteiger partial charge on any atom is -0.376 e. The fourth-order valence-corrected chi connectivity index (χ4v) is 2.92. The number of benzene rings is 1. The Morgan fingerprint density at radius 1 is 1.35 bits per heavy atom. The highest BCUT2D eigenvalue weighted by Crippen LogP contribution is 2.21. The Labute approximate surface area is 134 Å². The van der Waals surface area contributed by atoms with Crippen LogP contribution in [0.1, 0.15) is 19.3 Å². The van der Waals surface area contributed by atoms with Crippen LogP contribution in [0.15, 0.2) is 24.3 Å². The first-order valence-corrected chi connectivity index (χ1v) is 7.84. The third-order valence-electron chi connectivity index (χ3n) is 4.11. The number of nitrogens with one attached hydrogen (secondary N) is 2. The maximum absolute atomic E-state index is 13.0. The van der Waals surface area contributed by atoms with Crippen molar-refractivity contribution in [1.82, 2.24) is 10.6 Å². The zero-order valence-corrected chi connectivity index (χ0v) is 12.8. The summed E-state index contributed by atoms with van der Waals surface area (Å²) in [6.45, 7) is 1.61. The van der Waals surface area contributed by atoms with Crippen molar-refractivity contribution in [1.29, 1.82) is 0 Å². The molecule has 3 rings (SSSR count). The molecule has 6 nitrogen and oxygen atoms in total. The van der Waals surface area contributed by atoms with E-state index < -0.39 is 0 Å². The quantitative estimate of drug-likeness (QED) is 0.881. The van der Waals surface area contributed by atoms with Crippen molar-refractivity contribution in [3.63, 3.8) is 0 Å². The molecule has 0 radical (unpaired) electrons. The molecule has 0 aromatic heterocycles. The molecule has 0 aliphatic carbocycles. The maximum Gasteiger partial charge on any atom is 0.315 e. The second kappa shape index (κ2) is 6.95. The fourth-order valence-electron chi connectivity index (χ4n) is 2.92. The lowest BCUT2D eigenvalue weighted by Gasteiger charge is -2.18. The van der Waals surface area contributed by atoms with Gasteiger partial charge in [-0.15, -0.1) is 0 Å². The van der Waals surface area contributed by atoms with E-state index in [1.165, 1.54) is 12.1 Å². The second-order valence-electron chi connectivity index (χ2n) is 5.87. The highest BCUT2D eigenvalue weighted by atomic mass is 19.1. The van der Waals surface area contributed by atoms with Crippen LogP contribution in [-0.4, -0.2) is 43.8 Å². The first-order valence-electron chi connectivity index (χ1n) is 7.84. The van der Waals surface area contributed by atoms with E-state index in [0.29, 0.717) is 18.8 Å². The molecule has 23 heavy (non-hydrogen) atoms. The first kappa shape index (κ1) is 15.7. The molecular weight excluding hydrogens is 301 g/mol. The predicted molar refractivity (Wildman–Crippen MR) is 82.7 cm³/mol. The van der Waals surface area contributed by atoms with Gasteiger partial charge in [-0.3, -0.25) is 4.79 Å². The van der Waals surface area contributed by atoms with Gasteiger partial charge in [0, 0.05) is 31.8 Å². The molecule has 0 unspecified atom stereocenters. The van der Waals surface area contributed by atoms with Gasteiger partial charge in [0.15, 0.2) is 0 Å². The number of ether oxygens (including phenoxy) is 1. The number of carbonyl (C=O) groups excluding carboxylic acids is 2. The Balaban J connectivity index is 1.48. The summed E-state index contributed by atoms with van der Waals surface area (Å²) in [7, 11) is 0. The minimum atomic E-state index is -0.344. The summed E-state index contributed by atoms with van der Waals surface area (Å²) in [5.41, 5.74) is 0.639. The normalized spacial score (nSPS) is 24.0. The number of urea groups is 1. The molecule has 2 N–H and O–H groups in total. The van der Waals surface area contributed by atoms with Crippen molar-refractivity contribution in [2.75, 3.05) is 24.6 Å². The molecule has 7 heteroatoms. The van der Waals surface area contributed by atoms with Crippen LogP contribution in [0.3, 0.4) is 0 Å². The Bertz CT molecular complexity index is 572. The second-order valence-corrected chi connectivity index (χ2v) is 5.87. The van der Waals surface area contributed by atoms with E-state index in [9.17, 15) is 14.0 Å². The summed E-state index contributed by atoms with van der Waals surface area (Å²) in [5, 5.41) is 5.58. The number of carbonyl (C=O) groups is 2. The molecule has 0 bridgehead atoms. The van der Waals surface area contributed by atoms with E-state index in [-0.39, 0.29) is 36.3 Å². The van der Waals surface area contributed by atoms with Gasteiger partial charge in [-0.2, -0.15) is 0 Å². The van der Waals surface area contributed by atoms with E-state index >= 15 is 0 Å². The average molecular weight is 321 g/mol. The molecule has 0 spiro atoms. The van der Waals surface area contributed by atoms with Crippen molar-refractivity contribution in [3.05, 3.63) is 30.1 Å². The van der Waals surface area contributed by atoms with Crippen LogP contribution in [0.4, 0.5) is 14.9 Å². The highest BCUT2D eigenvalue weighted by Gasteiger charge is 2.31. The van der Waals surface area contributed by atoms with Gasteiger partial charge in [0.2, 0.25) is 5.91 Å². The maximum atomic E-state index is 13.0. The summed E-state index contributed by atoms with van der Waals surface area (Å²) < 4.78 is 18.4. The van der Waals surface area contributed by atoms with Gasteiger partial charge in [0.25, 0.3) is 0 Å². The molecule has 0 saturated carbocycles. The summed E-state index contributed by atoms with van der Waals surface area (Å²) in [5.74, 6) is -0.426. The number of anilines is 1. The van der Waals surface area contributed by atoms with E-state index in [1.807, 2.05) is 0 Å². The lowest BCUT2D eigenvalue weighted by atomic mass is 10.2. The van der Waals surface area contributed by atoms with Crippen LogP contribution in [0.25, 0.3) is 0 Å². The summed E-state index contributed by atoms with van der Waals surface area (Å²) in [6, 6.07) is 5.21. The largest absolute Gasteiger partial charge is 0.376 e. The van der Waals surface area contributed by atoms with Gasteiger partial charge in [-0.1, -0.05) is 0 Å². The van der Waals surface area contributed by atoms with Crippen LogP contribution in [0.2, 0.25) is 0 Å². The van der Waals surface area contributed by atoms with Gasteiger partial charge in [0.05, 0.1) is 12.1 Å². The van der Waals surface area contributed by atoms with E-state index in [0.717, 1.165) is 19.4 Å². The van der Waals surface area contributed by atoms with Crippen molar-refractivity contribution in [3.8, 4) is 0 Å². The number of hydrogen-bond acceptors (Lipinski definition) is 3. The molecule has 2 fully saturated rings. The van der Waals surface area contributed by atoms with Crippen LogP contribution >= 0.6 is 0 Å². The van der Waals surface area contributed by atoms with Gasteiger partial charge in [0.1, 0.15) is 5.82 Å². The molecule has 124 valence electrons. The number of hydrogen-bond donors (Lipinski definition) is 2. The molecule has 2 atom stereocenters. The monoisotopic (exact) mass is 321 g/mol. The zero-order chi connectivity index (χ0) is 16.2. The summed E-state index contributed by atoms with van der Waals surface area (Å²) in [4.78, 5) is 25.5. The molecule has 1 aromatic carbocycles. The fraction of sp³-hybridized carbons (Fsp3) is 0.500. The molecule has 3 amide bonds. The SMILES string of the molecule is O=C(NC[C@H]1CCCO1)N[C@H]1CC(=O)N(c2ccc(F)cc2)C1. The molecule has 2 aliphatic rings. The third-order valence-corrected chi connectivity index (χ3v) is 4.11. The van der Waals surface area contributed by atoms with E-state index in [1.54, 1.807) is 17.0 Å². The van der Waals surface area contributed by atoms with Gasteiger partial charge in [-0.25, -0.2) is 9.18 Å². The predicted octanol–water partition coefficient (Wildman–Crippen LogP) is 1.41. The number of nitrogens with zero attached hydrogens (tertiary/aromatic N) is 1. The minimum absolute atomic E-state index is 0.0824. The molecule has 2 saturated heterocycles. The lowest BCUT2D eigenvalue weighted by Crippen LogP contribution is -2.45. The Hall–Kier alpha value is -2.15. The standard InChI is InChI=1S/C16H20FN3O3/c17-11-3-5-13(6-4-11)20-10-12(8-15(20)21)19-16(22)18-9-14-2-1-7-23-14/h3-6,12,14H,1-2,7-10H2,(H2,18,19,22)/t12-,14+/m0/s1. The molecule has 2 aliphatic heterocycles. The van der Waals surface area contributed by atoms with Crippen LogP contribution in [-0.2, 0) is 9.53 Å². The van der Waals surface area contributed by atoms with E-state index in [4.69, 9.17) is 4.74 Å². The smallest absolute Gasteiger partial charge is 0.315 e. The highest BCUT2D eigenvalue weighted by molar-refractivity contribution is 5.96. The van der Waals surface area contributed by atoms with Crippen molar-refractivity contribution in [2.24, 2.45) is 0 Å². The first-order chi connectivity index (χ1) is 11.1. The molecule has 2 heterocycles. The van der Waals surface area contributed by atoms with Crippen molar-refractivity contribution < 1.29 is 18.7 Å². The van der Waals surface area contributed by atoms with E-state index in [2.05, 4.69) is 10.6 Å². The van der Waals surface area contributed by atoms with Gasteiger partial charge >= 0.3 is 6.03 Å². The van der Waals surface area contributed by atoms with Crippen LogP contribution in [0.5, 0.6) is 0 Å². The van der Waals surface area contributed by atoms with Gasteiger partial charge < -0.3 is 20.3 Å². The summed E-state index contributed by atoms with van der Waals surface area (Å²) >= 11 is 0. The summed E-state index contributed by atoms with van der Waals surface area (Å²) in [6.07, 6.45) is 2.31. The lowest BCUT2D eigenvalue weighted by molar-refractivity contribution is -0.117. The number of rotatable bonds is 4.